The highest BCUT2D eigenvalue weighted by Gasteiger charge is 2.32. The Hall–Kier alpha value is -1.92. The van der Waals surface area contributed by atoms with Gasteiger partial charge in [-0.15, -0.1) is 0 Å². The Kier molecular flexibility index (Phi) is 5.91. The van der Waals surface area contributed by atoms with E-state index in [1.807, 2.05) is 0 Å². The lowest BCUT2D eigenvalue weighted by atomic mass is 9.89. The lowest BCUT2D eigenvalue weighted by Crippen LogP contribution is -2.40. The maximum atomic E-state index is 5.99. The average Bonchev–Trinajstić information content (AvgIpc) is 3.59. The standard InChI is InChI=1S/C26H36N4O2/c1-2-6-22-21(5-1)25(29-13-9-19(10-14-29)23-7-3-17-31-23)28-26(27-22)30-15-11-20(12-16-30)24-8-4-18-32-24/h1-2,5-6,19-20,23-24H,3-4,7-18H2. The van der Waals surface area contributed by atoms with E-state index in [-0.39, 0.29) is 0 Å². The second-order valence-corrected chi connectivity index (χ2v) is 10.1. The monoisotopic (exact) mass is 436 g/mol. The maximum absolute atomic E-state index is 5.99. The van der Waals surface area contributed by atoms with Gasteiger partial charge in [-0.2, -0.15) is 4.98 Å². The Bertz CT molecular complexity index is 909. The number of ether oxygens (including phenoxy) is 2. The number of nitrogens with zero attached hydrogens (tertiary/aromatic N) is 4. The molecule has 1 aromatic heterocycles. The van der Waals surface area contributed by atoms with Gasteiger partial charge in [0.15, 0.2) is 0 Å². The molecule has 4 fully saturated rings. The smallest absolute Gasteiger partial charge is 0.227 e. The molecule has 172 valence electrons. The van der Waals surface area contributed by atoms with E-state index in [0.717, 1.165) is 56.7 Å². The number of hydrogen-bond donors (Lipinski definition) is 0. The van der Waals surface area contributed by atoms with Gasteiger partial charge in [0.25, 0.3) is 0 Å². The van der Waals surface area contributed by atoms with Crippen LogP contribution in [0.25, 0.3) is 10.9 Å². The fraction of sp³-hybridized carbons (Fsp3) is 0.692. The zero-order valence-electron chi connectivity index (χ0n) is 19.1. The Labute approximate surface area is 191 Å². The lowest BCUT2D eigenvalue weighted by molar-refractivity contribution is 0.0530. The normalized spacial score (nSPS) is 28.1. The third-order valence-corrected chi connectivity index (χ3v) is 8.21. The van der Waals surface area contributed by atoms with Gasteiger partial charge >= 0.3 is 0 Å². The minimum absolute atomic E-state index is 0.482. The number of rotatable bonds is 4. The molecule has 0 bridgehead atoms. The van der Waals surface area contributed by atoms with E-state index in [4.69, 9.17) is 19.4 Å². The van der Waals surface area contributed by atoms with E-state index in [0.29, 0.717) is 24.0 Å². The fourth-order valence-electron chi connectivity index (χ4n) is 6.33. The van der Waals surface area contributed by atoms with E-state index >= 15 is 0 Å². The average molecular weight is 437 g/mol. The van der Waals surface area contributed by atoms with Crippen molar-refractivity contribution in [1.82, 2.24) is 9.97 Å². The molecule has 6 nitrogen and oxygen atoms in total. The van der Waals surface area contributed by atoms with Crippen LogP contribution in [-0.2, 0) is 9.47 Å². The largest absolute Gasteiger partial charge is 0.378 e. The molecule has 0 aliphatic carbocycles. The topological polar surface area (TPSA) is 50.7 Å². The molecule has 5 heterocycles. The van der Waals surface area contributed by atoms with Gasteiger partial charge < -0.3 is 19.3 Å². The molecule has 4 aliphatic heterocycles. The molecular weight excluding hydrogens is 400 g/mol. The van der Waals surface area contributed by atoms with Crippen LogP contribution in [0.5, 0.6) is 0 Å². The molecule has 32 heavy (non-hydrogen) atoms. The van der Waals surface area contributed by atoms with Crippen LogP contribution >= 0.6 is 0 Å². The predicted molar refractivity (Wildman–Crippen MR) is 127 cm³/mol. The number of hydrogen-bond acceptors (Lipinski definition) is 6. The van der Waals surface area contributed by atoms with Gasteiger partial charge in [-0.05, 0) is 75.3 Å². The lowest BCUT2D eigenvalue weighted by Gasteiger charge is -2.37. The molecule has 0 spiro atoms. The predicted octanol–water partition coefficient (Wildman–Crippen LogP) is 4.42. The van der Waals surface area contributed by atoms with Crippen molar-refractivity contribution in [1.29, 1.82) is 0 Å². The van der Waals surface area contributed by atoms with Crippen molar-refractivity contribution in [2.45, 2.75) is 63.6 Å². The fourth-order valence-corrected chi connectivity index (χ4v) is 6.33. The zero-order chi connectivity index (χ0) is 21.3. The van der Waals surface area contributed by atoms with Crippen LogP contribution in [0.1, 0.15) is 51.4 Å². The molecule has 2 unspecified atom stereocenters. The van der Waals surface area contributed by atoms with E-state index < -0.39 is 0 Å². The van der Waals surface area contributed by atoms with Gasteiger partial charge in [0.2, 0.25) is 5.95 Å². The summed E-state index contributed by atoms with van der Waals surface area (Å²) in [5.74, 6) is 3.44. The molecule has 4 saturated heterocycles. The Balaban J connectivity index is 1.20. The van der Waals surface area contributed by atoms with Crippen LogP contribution in [0.3, 0.4) is 0 Å². The second kappa shape index (κ2) is 9.14. The van der Waals surface area contributed by atoms with E-state index in [9.17, 15) is 0 Å². The first-order valence-electron chi connectivity index (χ1n) is 12.8. The molecule has 4 aliphatic rings. The van der Waals surface area contributed by atoms with Crippen LogP contribution in [0.15, 0.2) is 24.3 Å². The Morgan fingerprint density at radius 1 is 0.688 bits per heavy atom. The van der Waals surface area contributed by atoms with E-state index in [1.165, 1.54) is 56.8 Å². The minimum Gasteiger partial charge on any atom is -0.378 e. The highest BCUT2D eigenvalue weighted by atomic mass is 16.5. The zero-order valence-corrected chi connectivity index (χ0v) is 19.1. The Morgan fingerprint density at radius 2 is 1.28 bits per heavy atom. The van der Waals surface area contributed by atoms with Crippen molar-refractivity contribution in [3.8, 4) is 0 Å². The first-order valence-corrected chi connectivity index (χ1v) is 12.8. The Morgan fingerprint density at radius 3 is 1.88 bits per heavy atom. The highest BCUT2D eigenvalue weighted by molar-refractivity contribution is 5.90. The van der Waals surface area contributed by atoms with Crippen molar-refractivity contribution in [2.24, 2.45) is 11.8 Å². The summed E-state index contributed by atoms with van der Waals surface area (Å²) in [6, 6.07) is 8.53. The van der Waals surface area contributed by atoms with Gasteiger partial charge in [-0.1, -0.05) is 12.1 Å². The van der Waals surface area contributed by atoms with E-state index in [1.54, 1.807) is 0 Å². The molecule has 1 aromatic carbocycles. The summed E-state index contributed by atoms with van der Waals surface area (Å²) in [6.07, 6.45) is 10.7. The second-order valence-electron chi connectivity index (χ2n) is 10.1. The number of benzene rings is 1. The summed E-state index contributed by atoms with van der Waals surface area (Å²) < 4.78 is 12.0. The molecule has 0 radical (unpaired) electrons. The van der Waals surface area contributed by atoms with Crippen molar-refractivity contribution < 1.29 is 9.47 Å². The van der Waals surface area contributed by atoms with Crippen LogP contribution in [0, 0.1) is 11.8 Å². The first kappa shape index (κ1) is 20.7. The third kappa shape index (κ3) is 4.08. The van der Waals surface area contributed by atoms with Crippen LogP contribution < -0.4 is 9.80 Å². The maximum Gasteiger partial charge on any atom is 0.227 e. The first-order chi connectivity index (χ1) is 15.8. The molecule has 0 saturated carbocycles. The summed E-state index contributed by atoms with van der Waals surface area (Å²) in [5, 5.41) is 1.18. The molecule has 0 amide bonds. The number of para-hydroxylation sites is 1. The van der Waals surface area contributed by atoms with Crippen molar-refractivity contribution in [3.05, 3.63) is 24.3 Å². The minimum atomic E-state index is 0.482. The number of fused-ring (bicyclic) bond motifs is 1. The molecule has 0 N–H and O–H groups in total. The van der Waals surface area contributed by atoms with Crippen molar-refractivity contribution in [3.63, 3.8) is 0 Å². The van der Waals surface area contributed by atoms with Gasteiger partial charge in [-0.3, -0.25) is 0 Å². The summed E-state index contributed by atoms with van der Waals surface area (Å²) in [4.78, 5) is 15.1. The summed E-state index contributed by atoms with van der Waals surface area (Å²) in [6.45, 7) is 6.09. The van der Waals surface area contributed by atoms with Crippen molar-refractivity contribution in [2.75, 3.05) is 49.2 Å². The molecule has 6 rings (SSSR count). The molecule has 2 atom stereocenters. The van der Waals surface area contributed by atoms with Crippen LogP contribution in [0.4, 0.5) is 11.8 Å². The molecule has 6 heteroatoms. The number of piperidine rings is 2. The van der Waals surface area contributed by atoms with Crippen molar-refractivity contribution >= 4 is 22.7 Å². The summed E-state index contributed by atoms with van der Waals surface area (Å²) >= 11 is 0. The molecular formula is C26H36N4O2. The highest BCUT2D eigenvalue weighted by Crippen LogP contribution is 2.35. The number of anilines is 2. The summed E-state index contributed by atoms with van der Waals surface area (Å²) in [5.41, 5.74) is 1.06. The quantitative estimate of drug-likeness (QED) is 0.707. The van der Waals surface area contributed by atoms with Gasteiger partial charge in [0.05, 0.1) is 17.7 Å². The van der Waals surface area contributed by atoms with Crippen LogP contribution in [-0.4, -0.2) is 61.6 Å². The van der Waals surface area contributed by atoms with Gasteiger partial charge in [0, 0.05) is 44.8 Å². The van der Waals surface area contributed by atoms with Crippen LogP contribution in [0.2, 0.25) is 0 Å². The van der Waals surface area contributed by atoms with Gasteiger partial charge in [-0.25, -0.2) is 4.98 Å². The SMILES string of the molecule is c1ccc2c(N3CCC(C4CCCO4)CC3)nc(N3CCC(C4CCCO4)CC3)nc2c1. The number of aromatic nitrogens is 2. The molecule has 2 aromatic rings. The summed E-state index contributed by atoms with van der Waals surface area (Å²) in [7, 11) is 0. The van der Waals surface area contributed by atoms with Gasteiger partial charge in [0.1, 0.15) is 5.82 Å². The third-order valence-electron chi connectivity index (χ3n) is 8.21. The van der Waals surface area contributed by atoms with E-state index in [2.05, 4.69) is 34.1 Å².